The topological polar surface area (TPSA) is 50.6 Å². The minimum atomic E-state index is -0.948. The van der Waals surface area contributed by atoms with Crippen LogP contribution in [0.1, 0.15) is 0 Å². The van der Waals surface area contributed by atoms with Crippen molar-refractivity contribution in [2.45, 2.75) is 6.67 Å². The number of benzene rings is 3. The van der Waals surface area contributed by atoms with E-state index in [0.717, 1.165) is 49.7 Å². The van der Waals surface area contributed by atoms with E-state index in [1.807, 2.05) is 24.3 Å². The SMILES string of the molecule is COc1ccc(N2CCN(Cn3nc(-c4ccc(F)c(F)c4)c4ccccc4c3=O)CC2)cc1. The highest BCUT2D eigenvalue weighted by molar-refractivity contribution is 5.93. The molecule has 4 aromatic rings. The number of hydrogen-bond donors (Lipinski definition) is 0. The maximum atomic E-state index is 13.9. The average Bonchev–Trinajstić information content (AvgIpc) is 2.88. The zero-order valence-corrected chi connectivity index (χ0v) is 18.7. The summed E-state index contributed by atoms with van der Waals surface area (Å²) < 4.78 is 34.1. The van der Waals surface area contributed by atoms with Crippen LogP contribution in [-0.2, 0) is 6.67 Å². The summed E-state index contributed by atoms with van der Waals surface area (Å²) in [5, 5.41) is 5.68. The standard InChI is InChI=1S/C26H24F2N4O2/c1-34-20-9-7-19(8-10-20)31-14-12-30(13-15-31)17-32-26(33)22-5-3-2-4-21(22)25(29-32)18-6-11-23(27)24(28)16-18/h2-11,16H,12-15,17H2,1H3. The predicted octanol–water partition coefficient (Wildman–Crippen LogP) is 4.13. The number of ether oxygens (including phenoxy) is 1. The summed E-state index contributed by atoms with van der Waals surface area (Å²) >= 11 is 0. The number of piperazine rings is 1. The van der Waals surface area contributed by atoms with Crippen LogP contribution in [0.5, 0.6) is 5.75 Å². The molecule has 0 radical (unpaired) electrons. The van der Waals surface area contributed by atoms with Gasteiger partial charge in [0.1, 0.15) is 5.75 Å². The summed E-state index contributed by atoms with van der Waals surface area (Å²) in [5.41, 5.74) is 1.79. The zero-order valence-electron chi connectivity index (χ0n) is 18.7. The second-order valence-corrected chi connectivity index (χ2v) is 8.27. The van der Waals surface area contributed by atoms with Crippen molar-refractivity contribution in [1.29, 1.82) is 0 Å². The molecule has 0 atom stereocenters. The largest absolute Gasteiger partial charge is 0.497 e. The average molecular weight is 463 g/mol. The van der Waals surface area contributed by atoms with Gasteiger partial charge in [-0.15, -0.1) is 0 Å². The molecule has 1 aliphatic rings. The van der Waals surface area contributed by atoms with E-state index in [0.29, 0.717) is 28.7 Å². The molecule has 3 aromatic carbocycles. The smallest absolute Gasteiger partial charge is 0.275 e. The third-order valence-corrected chi connectivity index (χ3v) is 6.20. The van der Waals surface area contributed by atoms with E-state index >= 15 is 0 Å². The van der Waals surface area contributed by atoms with Crippen molar-refractivity contribution in [1.82, 2.24) is 14.7 Å². The van der Waals surface area contributed by atoms with Gasteiger partial charge in [0.15, 0.2) is 11.6 Å². The normalized spacial score (nSPS) is 14.5. The van der Waals surface area contributed by atoms with Gasteiger partial charge < -0.3 is 9.64 Å². The highest BCUT2D eigenvalue weighted by Gasteiger charge is 2.20. The molecule has 1 fully saturated rings. The van der Waals surface area contributed by atoms with E-state index in [1.54, 1.807) is 31.4 Å². The van der Waals surface area contributed by atoms with Crippen LogP contribution >= 0.6 is 0 Å². The zero-order chi connectivity index (χ0) is 23.7. The first-order valence-electron chi connectivity index (χ1n) is 11.1. The molecule has 1 aliphatic heterocycles. The van der Waals surface area contributed by atoms with Crippen LogP contribution in [-0.4, -0.2) is 48.0 Å². The van der Waals surface area contributed by atoms with Crippen LogP contribution in [0.4, 0.5) is 14.5 Å². The maximum Gasteiger partial charge on any atom is 0.275 e. The number of fused-ring (bicyclic) bond motifs is 1. The van der Waals surface area contributed by atoms with Gasteiger partial charge in [-0.2, -0.15) is 5.10 Å². The van der Waals surface area contributed by atoms with Crippen molar-refractivity contribution >= 4 is 16.5 Å². The first-order chi connectivity index (χ1) is 16.5. The molecule has 1 saturated heterocycles. The van der Waals surface area contributed by atoms with Gasteiger partial charge in [-0.3, -0.25) is 9.69 Å². The van der Waals surface area contributed by atoms with Crippen LogP contribution < -0.4 is 15.2 Å². The van der Waals surface area contributed by atoms with Gasteiger partial charge in [-0.1, -0.05) is 18.2 Å². The van der Waals surface area contributed by atoms with Crippen molar-refractivity contribution in [3.05, 3.63) is 88.7 Å². The van der Waals surface area contributed by atoms with Gasteiger partial charge in [0.2, 0.25) is 0 Å². The Balaban J connectivity index is 1.40. The predicted molar refractivity (Wildman–Crippen MR) is 128 cm³/mol. The molecular formula is C26H24F2N4O2. The summed E-state index contributed by atoms with van der Waals surface area (Å²) in [4.78, 5) is 17.6. The molecule has 0 amide bonds. The second-order valence-electron chi connectivity index (χ2n) is 8.27. The highest BCUT2D eigenvalue weighted by atomic mass is 19.2. The fourth-order valence-electron chi connectivity index (χ4n) is 4.32. The van der Waals surface area contributed by atoms with Crippen molar-refractivity contribution in [2.24, 2.45) is 0 Å². The molecule has 0 saturated carbocycles. The van der Waals surface area contributed by atoms with Gasteiger partial charge in [0.25, 0.3) is 5.56 Å². The lowest BCUT2D eigenvalue weighted by molar-refractivity contribution is 0.192. The summed E-state index contributed by atoms with van der Waals surface area (Å²) in [7, 11) is 1.65. The minimum absolute atomic E-state index is 0.209. The lowest BCUT2D eigenvalue weighted by Gasteiger charge is -2.36. The van der Waals surface area contributed by atoms with Crippen molar-refractivity contribution in [3.63, 3.8) is 0 Å². The quantitative estimate of drug-likeness (QED) is 0.447. The fraction of sp³-hybridized carbons (Fsp3) is 0.231. The Hall–Kier alpha value is -3.78. The van der Waals surface area contributed by atoms with E-state index in [9.17, 15) is 13.6 Å². The molecule has 174 valence electrons. The Kier molecular flexibility index (Phi) is 5.98. The van der Waals surface area contributed by atoms with Crippen molar-refractivity contribution in [2.75, 3.05) is 38.2 Å². The minimum Gasteiger partial charge on any atom is -0.497 e. The molecule has 1 aromatic heterocycles. The van der Waals surface area contributed by atoms with Crippen LogP contribution in [0.15, 0.2) is 71.5 Å². The van der Waals surface area contributed by atoms with E-state index in [2.05, 4.69) is 14.9 Å². The van der Waals surface area contributed by atoms with Gasteiger partial charge in [0, 0.05) is 42.8 Å². The molecule has 0 aliphatic carbocycles. The Morgan fingerprint density at radius 1 is 0.882 bits per heavy atom. The number of methoxy groups -OCH3 is 1. The van der Waals surface area contributed by atoms with E-state index in [1.165, 1.54) is 10.7 Å². The molecule has 0 unspecified atom stereocenters. The molecule has 5 rings (SSSR count). The molecule has 8 heteroatoms. The van der Waals surface area contributed by atoms with Crippen LogP contribution in [0, 0.1) is 11.6 Å². The second kappa shape index (κ2) is 9.23. The first-order valence-corrected chi connectivity index (χ1v) is 11.1. The van der Waals surface area contributed by atoms with E-state index in [-0.39, 0.29) is 5.56 Å². The molecule has 6 nitrogen and oxygen atoms in total. The first kappa shape index (κ1) is 22.0. The molecule has 0 bridgehead atoms. The van der Waals surface area contributed by atoms with Gasteiger partial charge in [-0.25, -0.2) is 13.5 Å². The number of hydrogen-bond acceptors (Lipinski definition) is 5. The van der Waals surface area contributed by atoms with Gasteiger partial charge >= 0.3 is 0 Å². The summed E-state index contributed by atoms with van der Waals surface area (Å²) in [5.74, 6) is -1.05. The molecule has 0 spiro atoms. The lowest BCUT2D eigenvalue weighted by atomic mass is 10.0. The monoisotopic (exact) mass is 462 g/mol. The number of nitrogens with zero attached hydrogens (tertiary/aromatic N) is 4. The number of anilines is 1. The molecule has 2 heterocycles. The van der Waals surface area contributed by atoms with E-state index in [4.69, 9.17) is 4.74 Å². The summed E-state index contributed by atoms with van der Waals surface area (Å²) in [6.07, 6.45) is 0. The lowest BCUT2D eigenvalue weighted by Crippen LogP contribution is -2.48. The fourth-order valence-corrected chi connectivity index (χ4v) is 4.32. The Morgan fingerprint density at radius 3 is 2.26 bits per heavy atom. The van der Waals surface area contributed by atoms with E-state index < -0.39 is 11.6 Å². The highest BCUT2D eigenvalue weighted by Crippen LogP contribution is 2.26. The maximum absolute atomic E-state index is 13.9. The Bertz CT molecular complexity index is 1380. The number of halogens is 2. The summed E-state index contributed by atoms with van der Waals surface area (Å²) in [6, 6.07) is 18.7. The molecule has 34 heavy (non-hydrogen) atoms. The van der Waals surface area contributed by atoms with Gasteiger partial charge in [-0.05, 0) is 48.5 Å². The number of rotatable bonds is 5. The van der Waals surface area contributed by atoms with Crippen LogP contribution in [0.2, 0.25) is 0 Å². The van der Waals surface area contributed by atoms with Crippen molar-refractivity contribution < 1.29 is 13.5 Å². The van der Waals surface area contributed by atoms with Crippen LogP contribution in [0.25, 0.3) is 22.0 Å². The number of aromatic nitrogens is 2. The third-order valence-electron chi connectivity index (χ3n) is 6.20. The summed E-state index contributed by atoms with van der Waals surface area (Å²) in [6.45, 7) is 3.45. The Labute approximate surface area is 195 Å². The molecule has 0 N–H and O–H groups in total. The Morgan fingerprint density at radius 2 is 1.59 bits per heavy atom. The van der Waals surface area contributed by atoms with Crippen molar-refractivity contribution in [3.8, 4) is 17.0 Å². The van der Waals surface area contributed by atoms with Crippen LogP contribution in [0.3, 0.4) is 0 Å². The van der Waals surface area contributed by atoms with Gasteiger partial charge in [0.05, 0.1) is 24.9 Å². The molecular weight excluding hydrogens is 438 g/mol. The third kappa shape index (κ3) is 4.24.